The maximum Gasteiger partial charge on any atom is 0.307 e. The Morgan fingerprint density at radius 2 is 2.00 bits per heavy atom. The van der Waals surface area contributed by atoms with Gasteiger partial charge in [0.05, 0.1) is 0 Å². The van der Waals surface area contributed by atoms with Crippen LogP contribution in [0.3, 0.4) is 0 Å². The Balaban J connectivity index is 1.84. The number of nitrogens with zero attached hydrogens (tertiary/aromatic N) is 1. The lowest BCUT2D eigenvalue weighted by molar-refractivity contribution is 0.0926. The molecule has 2 rings (SSSR count). The van der Waals surface area contributed by atoms with Gasteiger partial charge in [-0.1, -0.05) is 36.4 Å². The van der Waals surface area contributed by atoms with Crippen molar-refractivity contribution in [2.45, 2.75) is 6.92 Å². The van der Waals surface area contributed by atoms with Crippen LogP contribution in [0.4, 0.5) is 0 Å². The number of hydrazone groups is 1. The first-order valence-electron chi connectivity index (χ1n) is 5.87. The number of benzene rings is 1. The second kappa shape index (κ2) is 6.35. The predicted molar refractivity (Wildman–Crippen MR) is 74.9 cm³/mol. The summed E-state index contributed by atoms with van der Waals surface area (Å²) in [5.41, 5.74) is 3.46. The molecule has 19 heavy (non-hydrogen) atoms. The largest absolute Gasteiger partial charge is 0.456 e. The third-order valence-corrected chi connectivity index (χ3v) is 2.38. The molecule has 0 aliphatic carbocycles. The molecular formula is C15H14N2O2. The number of rotatable bonds is 4. The summed E-state index contributed by atoms with van der Waals surface area (Å²) in [6.45, 7) is 1.78. The second-order valence-electron chi connectivity index (χ2n) is 3.90. The molecule has 4 heteroatoms. The number of carbonyl (C=O) groups is 1. The highest BCUT2D eigenvalue weighted by molar-refractivity contribution is 5.92. The molecule has 1 amide bonds. The van der Waals surface area contributed by atoms with Crippen LogP contribution in [0.25, 0.3) is 6.08 Å². The van der Waals surface area contributed by atoms with Crippen LogP contribution in [0.5, 0.6) is 0 Å². The fourth-order valence-corrected chi connectivity index (χ4v) is 1.47. The molecule has 0 saturated heterocycles. The van der Waals surface area contributed by atoms with E-state index in [-0.39, 0.29) is 11.7 Å². The number of hydrogen-bond donors (Lipinski definition) is 1. The van der Waals surface area contributed by atoms with Gasteiger partial charge in [0.1, 0.15) is 5.76 Å². The van der Waals surface area contributed by atoms with Gasteiger partial charge in [-0.05, 0) is 30.7 Å². The monoisotopic (exact) mass is 254 g/mol. The first-order valence-corrected chi connectivity index (χ1v) is 5.87. The summed E-state index contributed by atoms with van der Waals surface area (Å²) in [6, 6.07) is 13.2. The molecule has 0 aliphatic heterocycles. The SMILES string of the molecule is Cc1ccc(C(=O)NN=C/C=C/c2ccccc2)o1. The summed E-state index contributed by atoms with van der Waals surface area (Å²) < 4.78 is 5.17. The molecule has 0 aliphatic rings. The zero-order valence-electron chi connectivity index (χ0n) is 10.5. The summed E-state index contributed by atoms with van der Waals surface area (Å²) in [5.74, 6) is 0.581. The quantitative estimate of drug-likeness (QED) is 0.673. The van der Waals surface area contributed by atoms with Crippen molar-refractivity contribution in [2.24, 2.45) is 5.10 Å². The Hall–Kier alpha value is -2.62. The van der Waals surface area contributed by atoms with Crippen molar-refractivity contribution in [3.8, 4) is 0 Å². The zero-order chi connectivity index (χ0) is 13.5. The lowest BCUT2D eigenvalue weighted by atomic mass is 10.2. The number of hydrogen-bond acceptors (Lipinski definition) is 3. The number of furan rings is 1. The first-order chi connectivity index (χ1) is 9.25. The molecule has 0 bridgehead atoms. The molecule has 0 fully saturated rings. The third kappa shape index (κ3) is 3.96. The van der Waals surface area contributed by atoms with Gasteiger partial charge in [0, 0.05) is 6.21 Å². The van der Waals surface area contributed by atoms with Crippen molar-refractivity contribution in [1.29, 1.82) is 0 Å². The normalized spacial score (nSPS) is 11.2. The van der Waals surface area contributed by atoms with E-state index >= 15 is 0 Å². The molecule has 0 radical (unpaired) electrons. The Bertz CT molecular complexity index is 598. The van der Waals surface area contributed by atoms with E-state index in [9.17, 15) is 4.79 Å². The maximum absolute atomic E-state index is 11.5. The minimum atomic E-state index is -0.363. The topological polar surface area (TPSA) is 54.6 Å². The van der Waals surface area contributed by atoms with Gasteiger partial charge in [0.25, 0.3) is 0 Å². The van der Waals surface area contributed by atoms with E-state index in [1.54, 1.807) is 25.1 Å². The van der Waals surface area contributed by atoms with E-state index in [2.05, 4.69) is 10.5 Å². The number of amides is 1. The Kier molecular flexibility index (Phi) is 4.29. The van der Waals surface area contributed by atoms with Crippen LogP contribution >= 0.6 is 0 Å². The van der Waals surface area contributed by atoms with E-state index in [1.807, 2.05) is 36.4 Å². The van der Waals surface area contributed by atoms with Crippen LogP contribution in [0, 0.1) is 6.92 Å². The number of allylic oxidation sites excluding steroid dienone is 1. The smallest absolute Gasteiger partial charge is 0.307 e. The molecule has 96 valence electrons. The van der Waals surface area contributed by atoms with Gasteiger partial charge in [0.2, 0.25) is 0 Å². The number of aryl methyl sites for hydroxylation is 1. The van der Waals surface area contributed by atoms with Gasteiger partial charge in [0.15, 0.2) is 5.76 Å². The molecule has 1 N–H and O–H groups in total. The molecule has 0 atom stereocenters. The third-order valence-electron chi connectivity index (χ3n) is 2.38. The van der Waals surface area contributed by atoms with E-state index in [4.69, 9.17) is 4.42 Å². The van der Waals surface area contributed by atoms with Gasteiger partial charge < -0.3 is 4.42 Å². The van der Waals surface area contributed by atoms with Gasteiger partial charge in [-0.25, -0.2) is 5.43 Å². The van der Waals surface area contributed by atoms with Crippen molar-refractivity contribution in [2.75, 3.05) is 0 Å². The molecule has 0 saturated carbocycles. The average molecular weight is 254 g/mol. The molecule has 1 aromatic heterocycles. The van der Waals surface area contributed by atoms with Gasteiger partial charge in [-0.15, -0.1) is 0 Å². The maximum atomic E-state index is 11.5. The molecular weight excluding hydrogens is 240 g/mol. The second-order valence-corrected chi connectivity index (χ2v) is 3.90. The van der Waals surface area contributed by atoms with Gasteiger partial charge in [-0.2, -0.15) is 5.10 Å². The molecule has 4 nitrogen and oxygen atoms in total. The Morgan fingerprint density at radius 1 is 1.21 bits per heavy atom. The van der Waals surface area contributed by atoms with Crippen molar-refractivity contribution in [3.05, 3.63) is 65.6 Å². The van der Waals surface area contributed by atoms with Crippen LogP contribution in [0.1, 0.15) is 21.9 Å². The molecule has 0 unspecified atom stereocenters. The molecule has 2 aromatic rings. The van der Waals surface area contributed by atoms with E-state index in [0.29, 0.717) is 5.76 Å². The van der Waals surface area contributed by atoms with Crippen LogP contribution in [0.2, 0.25) is 0 Å². The summed E-state index contributed by atoms with van der Waals surface area (Å²) in [7, 11) is 0. The zero-order valence-corrected chi connectivity index (χ0v) is 10.5. The van der Waals surface area contributed by atoms with Crippen LogP contribution in [0.15, 0.2) is 58.1 Å². The van der Waals surface area contributed by atoms with Gasteiger partial charge in [-0.3, -0.25) is 4.79 Å². The summed E-state index contributed by atoms with van der Waals surface area (Å²) >= 11 is 0. The van der Waals surface area contributed by atoms with Crippen molar-refractivity contribution < 1.29 is 9.21 Å². The minimum Gasteiger partial charge on any atom is -0.456 e. The fourth-order valence-electron chi connectivity index (χ4n) is 1.47. The van der Waals surface area contributed by atoms with Crippen molar-refractivity contribution >= 4 is 18.2 Å². The highest BCUT2D eigenvalue weighted by Crippen LogP contribution is 2.05. The number of nitrogens with one attached hydrogen (secondary N) is 1. The highest BCUT2D eigenvalue weighted by atomic mass is 16.3. The summed E-state index contributed by atoms with van der Waals surface area (Å²) in [4.78, 5) is 11.5. The standard InChI is InChI=1S/C15H14N2O2/c1-12-9-10-14(19-12)15(18)17-16-11-5-8-13-6-3-2-4-7-13/h2-11H,1H3,(H,17,18)/b8-5+,16-11?. The van der Waals surface area contributed by atoms with E-state index in [0.717, 1.165) is 5.56 Å². The minimum absolute atomic E-state index is 0.252. The van der Waals surface area contributed by atoms with Gasteiger partial charge >= 0.3 is 5.91 Å². The first kappa shape index (κ1) is 12.8. The summed E-state index contributed by atoms with van der Waals surface area (Å²) in [5, 5.41) is 3.80. The predicted octanol–water partition coefficient (Wildman–Crippen LogP) is 3.02. The van der Waals surface area contributed by atoms with Crippen LogP contribution < -0.4 is 5.43 Å². The molecule has 1 heterocycles. The number of carbonyl (C=O) groups excluding carboxylic acids is 1. The average Bonchev–Trinajstić information content (AvgIpc) is 2.86. The van der Waals surface area contributed by atoms with E-state index in [1.165, 1.54) is 6.21 Å². The highest BCUT2D eigenvalue weighted by Gasteiger charge is 2.07. The lowest BCUT2D eigenvalue weighted by Crippen LogP contribution is -2.16. The molecule has 0 spiro atoms. The summed E-state index contributed by atoms with van der Waals surface area (Å²) in [6.07, 6.45) is 5.16. The molecule has 1 aromatic carbocycles. The Labute approximate surface area is 111 Å². The van der Waals surface area contributed by atoms with Crippen LogP contribution in [-0.2, 0) is 0 Å². The fraction of sp³-hybridized carbons (Fsp3) is 0.0667. The lowest BCUT2D eigenvalue weighted by Gasteiger charge is -1.93. The Morgan fingerprint density at radius 3 is 2.68 bits per heavy atom. The van der Waals surface area contributed by atoms with Crippen LogP contribution in [-0.4, -0.2) is 12.1 Å². The van der Waals surface area contributed by atoms with Crippen molar-refractivity contribution in [3.63, 3.8) is 0 Å². The van der Waals surface area contributed by atoms with E-state index < -0.39 is 0 Å². The van der Waals surface area contributed by atoms with Crippen molar-refractivity contribution in [1.82, 2.24) is 5.43 Å².